The van der Waals surface area contributed by atoms with Crippen molar-refractivity contribution in [2.24, 2.45) is 5.92 Å². The van der Waals surface area contributed by atoms with Gasteiger partial charge in [-0.3, -0.25) is 4.79 Å². The van der Waals surface area contributed by atoms with Crippen molar-refractivity contribution in [1.82, 2.24) is 9.55 Å². The number of aryl methyl sites for hydroxylation is 1. The molecule has 1 N–H and O–H groups in total. The number of rotatable bonds is 3. The van der Waals surface area contributed by atoms with Crippen molar-refractivity contribution in [2.45, 2.75) is 32.2 Å². The lowest BCUT2D eigenvalue weighted by Crippen LogP contribution is -2.31. The number of nitrogens with zero attached hydrogens (tertiary/aromatic N) is 3. The van der Waals surface area contributed by atoms with Crippen molar-refractivity contribution in [3.63, 3.8) is 0 Å². The van der Waals surface area contributed by atoms with Gasteiger partial charge in [0.15, 0.2) is 0 Å². The molecule has 3 heterocycles. The molecule has 0 aliphatic carbocycles. The van der Waals surface area contributed by atoms with Crippen LogP contribution in [-0.2, 0) is 17.8 Å². The van der Waals surface area contributed by atoms with Crippen LogP contribution in [0.25, 0.3) is 0 Å². The third-order valence-electron chi connectivity index (χ3n) is 4.93. The predicted molar refractivity (Wildman–Crippen MR) is 90.6 cm³/mol. The smallest absolute Gasteiger partial charge is 0.228 e. The lowest BCUT2D eigenvalue weighted by atomic mass is 9.96. The van der Waals surface area contributed by atoms with Gasteiger partial charge in [0.05, 0.1) is 11.4 Å². The summed E-state index contributed by atoms with van der Waals surface area (Å²) in [6, 6.07) is 8.15. The van der Waals surface area contributed by atoms with Crippen LogP contribution in [0.5, 0.6) is 0 Å². The molecular weight excluding hydrogens is 288 g/mol. The molecule has 1 atom stereocenters. The van der Waals surface area contributed by atoms with Crippen molar-refractivity contribution >= 4 is 17.3 Å². The van der Waals surface area contributed by atoms with E-state index in [2.05, 4.69) is 25.8 Å². The van der Waals surface area contributed by atoms with Crippen molar-refractivity contribution < 1.29 is 4.79 Å². The monoisotopic (exact) mass is 310 g/mol. The zero-order valence-corrected chi connectivity index (χ0v) is 13.2. The van der Waals surface area contributed by atoms with Gasteiger partial charge in [-0.2, -0.15) is 0 Å². The molecule has 23 heavy (non-hydrogen) atoms. The molecular formula is C18H22N4O. The number of para-hydroxylation sites is 2. The van der Waals surface area contributed by atoms with Crippen LogP contribution in [-0.4, -0.2) is 28.5 Å². The second kappa shape index (κ2) is 6.07. The fraction of sp³-hybridized carbons (Fsp3) is 0.444. The van der Waals surface area contributed by atoms with Crippen LogP contribution in [0.15, 0.2) is 36.7 Å². The molecule has 2 aliphatic heterocycles. The van der Waals surface area contributed by atoms with Crippen LogP contribution in [0.2, 0.25) is 0 Å². The molecule has 2 aromatic rings. The Morgan fingerprint density at radius 2 is 2.00 bits per heavy atom. The molecule has 1 aromatic heterocycles. The molecule has 0 saturated carbocycles. The number of imidazole rings is 1. The SMILES string of the molecule is O=C(Nc1ccccc1N1CCCC1)C1CCn2ccnc2C1. The second-order valence-corrected chi connectivity index (χ2v) is 6.43. The van der Waals surface area contributed by atoms with E-state index in [1.54, 1.807) is 0 Å². The van der Waals surface area contributed by atoms with E-state index in [4.69, 9.17) is 0 Å². The normalized spacial score (nSPS) is 20.3. The summed E-state index contributed by atoms with van der Waals surface area (Å²) in [5, 5.41) is 3.16. The third kappa shape index (κ3) is 2.83. The Hall–Kier alpha value is -2.30. The average molecular weight is 310 g/mol. The molecule has 1 saturated heterocycles. The quantitative estimate of drug-likeness (QED) is 0.948. The molecule has 2 aliphatic rings. The number of aromatic nitrogens is 2. The van der Waals surface area contributed by atoms with Crippen molar-refractivity contribution in [3.8, 4) is 0 Å². The molecule has 120 valence electrons. The first-order valence-corrected chi connectivity index (χ1v) is 8.46. The number of anilines is 2. The predicted octanol–water partition coefficient (Wildman–Crippen LogP) is 2.68. The first-order valence-electron chi connectivity index (χ1n) is 8.46. The number of fused-ring (bicyclic) bond motifs is 1. The molecule has 0 bridgehead atoms. The maximum absolute atomic E-state index is 12.7. The summed E-state index contributed by atoms with van der Waals surface area (Å²) in [5.74, 6) is 1.15. The van der Waals surface area contributed by atoms with E-state index in [1.165, 1.54) is 12.8 Å². The highest BCUT2D eigenvalue weighted by Crippen LogP contribution is 2.30. The topological polar surface area (TPSA) is 50.2 Å². The van der Waals surface area contributed by atoms with Crippen LogP contribution >= 0.6 is 0 Å². The Balaban J connectivity index is 1.49. The van der Waals surface area contributed by atoms with Gasteiger partial charge in [0.2, 0.25) is 5.91 Å². The van der Waals surface area contributed by atoms with E-state index in [-0.39, 0.29) is 11.8 Å². The molecule has 5 nitrogen and oxygen atoms in total. The van der Waals surface area contributed by atoms with E-state index in [9.17, 15) is 4.79 Å². The minimum Gasteiger partial charge on any atom is -0.370 e. The van der Waals surface area contributed by atoms with Crippen LogP contribution < -0.4 is 10.2 Å². The lowest BCUT2D eigenvalue weighted by molar-refractivity contribution is -0.120. The van der Waals surface area contributed by atoms with Crippen LogP contribution in [0, 0.1) is 5.92 Å². The van der Waals surface area contributed by atoms with E-state index < -0.39 is 0 Å². The molecule has 1 unspecified atom stereocenters. The number of carbonyl (C=O) groups excluding carboxylic acids is 1. The minimum absolute atomic E-state index is 0.0107. The third-order valence-corrected chi connectivity index (χ3v) is 4.93. The molecule has 1 amide bonds. The van der Waals surface area contributed by atoms with E-state index in [1.807, 2.05) is 30.6 Å². The summed E-state index contributed by atoms with van der Waals surface area (Å²) in [7, 11) is 0. The summed E-state index contributed by atoms with van der Waals surface area (Å²) in [6.07, 6.45) is 7.87. The number of benzene rings is 1. The Kier molecular flexibility index (Phi) is 3.77. The zero-order chi connectivity index (χ0) is 15.6. The maximum atomic E-state index is 12.7. The fourth-order valence-corrected chi connectivity index (χ4v) is 3.62. The molecule has 0 spiro atoms. The number of hydrogen-bond donors (Lipinski definition) is 1. The minimum atomic E-state index is 0.0107. The Bertz CT molecular complexity index is 703. The highest BCUT2D eigenvalue weighted by Gasteiger charge is 2.26. The Morgan fingerprint density at radius 3 is 2.87 bits per heavy atom. The van der Waals surface area contributed by atoms with Gasteiger partial charge < -0.3 is 14.8 Å². The van der Waals surface area contributed by atoms with Crippen LogP contribution in [0.4, 0.5) is 11.4 Å². The van der Waals surface area contributed by atoms with Gasteiger partial charge in [0.25, 0.3) is 0 Å². The molecule has 1 aromatic carbocycles. The van der Waals surface area contributed by atoms with Gasteiger partial charge in [0, 0.05) is 44.4 Å². The molecule has 1 fully saturated rings. The first-order chi connectivity index (χ1) is 11.3. The van der Waals surface area contributed by atoms with Gasteiger partial charge >= 0.3 is 0 Å². The van der Waals surface area contributed by atoms with Gasteiger partial charge in [-0.1, -0.05) is 12.1 Å². The van der Waals surface area contributed by atoms with Crippen molar-refractivity contribution in [1.29, 1.82) is 0 Å². The highest BCUT2D eigenvalue weighted by molar-refractivity contribution is 5.96. The number of carbonyl (C=O) groups is 1. The summed E-state index contributed by atoms with van der Waals surface area (Å²) < 4.78 is 2.14. The second-order valence-electron chi connectivity index (χ2n) is 6.43. The summed E-state index contributed by atoms with van der Waals surface area (Å²) in [4.78, 5) is 19.4. The van der Waals surface area contributed by atoms with Gasteiger partial charge in [-0.15, -0.1) is 0 Å². The average Bonchev–Trinajstić information content (AvgIpc) is 3.26. The van der Waals surface area contributed by atoms with E-state index >= 15 is 0 Å². The lowest BCUT2D eigenvalue weighted by Gasteiger charge is -2.25. The Labute approximate surface area is 136 Å². The Morgan fingerprint density at radius 1 is 1.17 bits per heavy atom. The molecule has 0 radical (unpaired) electrons. The first kappa shape index (κ1) is 14.3. The van der Waals surface area contributed by atoms with Gasteiger partial charge in [-0.05, 0) is 31.4 Å². The van der Waals surface area contributed by atoms with Crippen molar-refractivity contribution in [3.05, 3.63) is 42.5 Å². The zero-order valence-electron chi connectivity index (χ0n) is 13.2. The summed E-state index contributed by atoms with van der Waals surface area (Å²) >= 11 is 0. The number of nitrogens with one attached hydrogen (secondary N) is 1. The fourth-order valence-electron chi connectivity index (χ4n) is 3.62. The van der Waals surface area contributed by atoms with Crippen LogP contribution in [0.3, 0.4) is 0 Å². The number of amides is 1. The molecule has 5 heteroatoms. The maximum Gasteiger partial charge on any atom is 0.228 e. The van der Waals surface area contributed by atoms with Gasteiger partial charge in [0.1, 0.15) is 5.82 Å². The standard InChI is InChI=1S/C18H22N4O/c23-18(14-7-11-22-12-8-19-17(22)13-14)20-15-5-1-2-6-16(15)21-9-3-4-10-21/h1-2,5-6,8,12,14H,3-4,7,9-11,13H2,(H,20,23). The summed E-state index contributed by atoms with van der Waals surface area (Å²) in [6.45, 7) is 3.03. The van der Waals surface area contributed by atoms with Gasteiger partial charge in [-0.25, -0.2) is 4.98 Å². The van der Waals surface area contributed by atoms with Crippen LogP contribution in [0.1, 0.15) is 25.1 Å². The largest absolute Gasteiger partial charge is 0.370 e. The summed E-state index contributed by atoms with van der Waals surface area (Å²) in [5.41, 5.74) is 2.09. The number of hydrogen-bond acceptors (Lipinski definition) is 3. The highest BCUT2D eigenvalue weighted by atomic mass is 16.1. The van der Waals surface area contributed by atoms with E-state index in [0.29, 0.717) is 0 Å². The molecule has 4 rings (SSSR count). The van der Waals surface area contributed by atoms with Crippen molar-refractivity contribution in [2.75, 3.05) is 23.3 Å². The van der Waals surface area contributed by atoms with E-state index in [0.717, 1.165) is 49.7 Å².